The minimum Gasteiger partial charge on any atom is -0.481 e. The Morgan fingerprint density at radius 1 is 1.41 bits per heavy atom. The smallest absolute Gasteiger partial charge is 0.218 e. The van der Waals surface area contributed by atoms with Crippen LogP contribution in [0.25, 0.3) is 0 Å². The fourth-order valence-corrected chi connectivity index (χ4v) is 5.74. The molecule has 0 radical (unpaired) electrons. The number of anilines is 1. The van der Waals surface area contributed by atoms with Crippen molar-refractivity contribution in [3.05, 3.63) is 12.4 Å². The van der Waals surface area contributed by atoms with Crippen molar-refractivity contribution in [1.82, 2.24) is 9.97 Å². The predicted molar refractivity (Wildman–Crippen MR) is 81.9 cm³/mol. The van der Waals surface area contributed by atoms with Gasteiger partial charge in [0.05, 0.1) is 19.5 Å². The third-order valence-corrected chi connectivity index (χ3v) is 7.30. The van der Waals surface area contributed by atoms with E-state index >= 15 is 0 Å². The van der Waals surface area contributed by atoms with Crippen LogP contribution in [0.15, 0.2) is 12.4 Å². The second kappa shape index (κ2) is 5.66. The van der Waals surface area contributed by atoms with Gasteiger partial charge in [-0.3, -0.25) is 0 Å². The number of hydrogen-bond acceptors (Lipinski definition) is 7. The largest absolute Gasteiger partial charge is 0.481 e. The Hall–Kier alpha value is -1.41. The van der Waals surface area contributed by atoms with Crippen LogP contribution in [0.4, 0.5) is 5.82 Å². The number of rotatable bonds is 5. The summed E-state index contributed by atoms with van der Waals surface area (Å²) in [7, 11) is -1.54. The van der Waals surface area contributed by atoms with Crippen LogP contribution in [-0.2, 0) is 14.6 Å². The zero-order chi connectivity index (χ0) is 15.8. The van der Waals surface area contributed by atoms with Crippen molar-refractivity contribution in [1.29, 1.82) is 0 Å². The van der Waals surface area contributed by atoms with Crippen molar-refractivity contribution in [2.45, 2.75) is 18.1 Å². The number of hydrogen-bond donors (Lipinski definition) is 0. The van der Waals surface area contributed by atoms with Gasteiger partial charge in [-0.05, 0) is 13.3 Å². The van der Waals surface area contributed by atoms with Crippen LogP contribution in [0.3, 0.4) is 0 Å². The fourth-order valence-electron chi connectivity index (χ4n) is 3.34. The summed E-state index contributed by atoms with van der Waals surface area (Å²) in [5.74, 6) is 1.50. The lowest BCUT2D eigenvalue weighted by Crippen LogP contribution is -2.68. The molecule has 2 fully saturated rings. The van der Waals surface area contributed by atoms with Crippen molar-refractivity contribution >= 4 is 15.7 Å². The molecule has 7 nitrogen and oxygen atoms in total. The van der Waals surface area contributed by atoms with Crippen molar-refractivity contribution in [3.63, 3.8) is 0 Å². The molecular formula is C14H21N3O4S. The lowest BCUT2D eigenvalue weighted by Gasteiger charge is -2.50. The number of sulfone groups is 1. The molecule has 0 aliphatic carbocycles. The van der Waals surface area contributed by atoms with Gasteiger partial charge in [-0.25, -0.2) is 18.4 Å². The summed E-state index contributed by atoms with van der Waals surface area (Å²) in [4.78, 5) is 10.1. The molecule has 1 aromatic heterocycles. The Morgan fingerprint density at radius 3 is 2.86 bits per heavy atom. The van der Waals surface area contributed by atoms with E-state index in [1.54, 1.807) is 13.2 Å². The van der Waals surface area contributed by atoms with Crippen LogP contribution in [0.1, 0.15) is 13.3 Å². The summed E-state index contributed by atoms with van der Waals surface area (Å²) in [5, 5.41) is 0. The van der Waals surface area contributed by atoms with Crippen LogP contribution < -0.4 is 9.64 Å². The summed E-state index contributed by atoms with van der Waals surface area (Å²) in [6.45, 7) is 3.98. The highest BCUT2D eigenvalue weighted by molar-refractivity contribution is 7.93. The van der Waals surface area contributed by atoms with E-state index < -0.39 is 14.6 Å². The minimum absolute atomic E-state index is 0.0671. The monoisotopic (exact) mass is 327 g/mol. The van der Waals surface area contributed by atoms with Gasteiger partial charge in [-0.1, -0.05) is 0 Å². The van der Waals surface area contributed by atoms with Gasteiger partial charge in [-0.15, -0.1) is 0 Å². The molecule has 0 aromatic carbocycles. The Labute approximate surface area is 130 Å². The molecule has 8 heteroatoms. The van der Waals surface area contributed by atoms with Crippen molar-refractivity contribution < 1.29 is 17.9 Å². The average Bonchev–Trinajstić information content (AvgIpc) is 2.74. The Balaban J connectivity index is 1.78. The molecule has 122 valence electrons. The molecule has 2 saturated heterocycles. The van der Waals surface area contributed by atoms with Crippen LogP contribution in [0.2, 0.25) is 0 Å². The Bertz CT molecular complexity index is 643. The highest BCUT2D eigenvalue weighted by Crippen LogP contribution is 2.46. The van der Waals surface area contributed by atoms with E-state index in [0.29, 0.717) is 44.4 Å². The first-order chi connectivity index (χ1) is 10.5. The van der Waals surface area contributed by atoms with E-state index in [2.05, 4.69) is 9.97 Å². The van der Waals surface area contributed by atoms with Crippen LogP contribution >= 0.6 is 0 Å². The zero-order valence-corrected chi connectivity index (χ0v) is 13.7. The molecule has 1 spiro atoms. The van der Waals surface area contributed by atoms with Gasteiger partial charge in [0, 0.05) is 31.7 Å². The molecule has 0 bridgehead atoms. The second-order valence-electron chi connectivity index (χ2n) is 5.80. The Kier molecular flexibility index (Phi) is 3.98. The lowest BCUT2D eigenvalue weighted by molar-refractivity contribution is 0.0889. The maximum Gasteiger partial charge on any atom is 0.218 e. The molecule has 2 aliphatic heterocycles. The number of aromatic nitrogens is 2. The third-order valence-electron chi connectivity index (χ3n) is 4.70. The fraction of sp³-hybridized carbons (Fsp3) is 0.714. The first kappa shape index (κ1) is 15.5. The highest BCUT2D eigenvalue weighted by atomic mass is 32.2. The molecule has 0 amide bonds. The minimum atomic E-state index is -3.08. The molecule has 1 atom stereocenters. The van der Waals surface area contributed by atoms with E-state index in [4.69, 9.17) is 9.47 Å². The first-order valence-corrected chi connectivity index (χ1v) is 9.08. The lowest BCUT2D eigenvalue weighted by atomic mass is 9.83. The molecule has 1 unspecified atom stereocenters. The van der Waals surface area contributed by atoms with Crippen molar-refractivity contribution in [3.8, 4) is 5.88 Å². The summed E-state index contributed by atoms with van der Waals surface area (Å²) in [6.07, 6.45) is 2.11. The summed E-state index contributed by atoms with van der Waals surface area (Å²) in [5.41, 5.74) is 0. The molecular weight excluding hydrogens is 306 g/mol. The van der Waals surface area contributed by atoms with Gasteiger partial charge < -0.3 is 14.4 Å². The Morgan fingerprint density at radius 2 is 2.18 bits per heavy atom. The van der Waals surface area contributed by atoms with E-state index in [1.165, 1.54) is 6.33 Å². The van der Waals surface area contributed by atoms with Crippen molar-refractivity contribution in [2.75, 3.05) is 44.1 Å². The van der Waals surface area contributed by atoms with Crippen molar-refractivity contribution in [2.24, 2.45) is 5.92 Å². The maximum atomic E-state index is 12.5. The number of ether oxygens (including phenoxy) is 2. The molecule has 3 rings (SSSR count). The van der Waals surface area contributed by atoms with Gasteiger partial charge in [0.2, 0.25) is 5.88 Å². The van der Waals surface area contributed by atoms with Crippen LogP contribution in [0.5, 0.6) is 5.88 Å². The van der Waals surface area contributed by atoms with Gasteiger partial charge >= 0.3 is 0 Å². The normalized spacial score (nSPS) is 25.2. The summed E-state index contributed by atoms with van der Waals surface area (Å²) >= 11 is 0. The third kappa shape index (κ3) is 2.34. The van der Waals surface area contributed by atoms with Gasteiger partial charge in [-0.2, -0.15) is 0 Å². The number of nitrogens with zero attached hydrogens (tertiary/aromatic N) is 3. The predicted octanol–water partition coefficient (Wildman–Crippen LogP) is 0.515. The zero-order valence-electron chi connectivity index (χ0n) is 12.9. The molecule has 1 aromatic rings. The summed E-state index contributed by atoms with van der Waals surface area (Å²) < 4.78 is 34.9. The van der Waals surface area contributed by atoms with E-state index in [1.807, 2.05) is 11.8 Å². The SMILES string of the molecule is CCOCC1CCS(=O)(=O)C12CN(c1cc(OC)ncn1)C2. The van der Waals surface area contributed by atoms with Crippen LogP contribution in [0, 0.1) is 5.92 Å². The second-order valence-corrected chi connectivity index (χ2v) is 8.25. The standard InChI is InChI=1S/C14H21N3O4S/c1-3-21-7-11-4-5-22(18,19)14(11)8-17(9-14)12-6-13(20-2)16-10-15-12/h6,10-11H,3-5,7-9H2,1-2H3. The van der Waals surface area contributed by atoms with E-state index in [-0.39, 0.29) is 11.7 Å². The van der Waals surface area contributed by atoms with Gasteiger partial charge in [0.1, 0.15) is 16.9 Å². The molecule has 22 heavy (non-hydrogen) atoms. The van der Waals surface area contributed by atoms with E-state index in [0.717, 1.165) is 0 Å². The molecule has 3 heterocycles. The topological polar surface area (TPSA) is 81.6 Å². The summed E-state index contributed by atoms with van der Waals surface area (Å²) in [6, 6.07) is 1.73. The number of methoxy groups -OCH3 is 1. The average molecular weight is 327 g/mol. The van der Waals surface area contributed by atoms with Gasteiger partial charge in [0.15, 0.2) is 9.84 Å². The van der Waals surface area contributed by atoms with Gasteiger partial charge in [0.25, 0.3) is 0 Å². The van der Waals surface area contributed by atoms with Crippen LogP contribution in [-0.4, -0.2) is 62.3 Å². The molecule has 0 N–H and O–H groups in total. The molecule has 2 aliphatic rings. The molecule has 0 saturated carbocycles. The van der Waals surface area contributed by atoms with E-state index in [9.17, 15) is 8.42 Å². The first-order valence-electron chi connectivity index (χ1n) is 7.43. The quantitative estimate of drug-likeness (QED) is 0.779. The maximum absolute atomic E-state index is 12.5. The highest BCUT2D eigenvalue weighted by Gasteiger charge is 2.61.